The number of hydrogen-bond donors (Lipinski definition) is 2. The Bertz CT molecular complexity index is 846. The number of hydrogen-bond acceptors (Lipinski definition) is 5. The molecule has 1 heterocycles. The van der Waals surface area contributed by atoms with E-state index < -0.39 is 0 Å². The molecule has 1 amide bonds. The zero-order chi connectivity index (χ0) is 21.9. The number of aryl methyl sites for hydroxylation is 2. The van der Waals surface area contributed by atoms with Crippen molar-refractivity contribution in [3.05, 3.63) is 41.5 Å². The lowest BCUT2D eigenvalue weighted by Crippen LogP contribution is -2.41. The molecule has 2 aromatic rings. The zero-order valence-electron chi connectivity index (χ0n) is 18.6. The molecule has 0 saturated heterocycles. The van der Waals surface area contributed by atoms with Gasteiger partial charge in [0.25, 0.3) is 0 Å². The van der Waals surface area contributed by atoms with Gasteiger partial charge in [0.2, 0.25) is 5.91 Å². The van der Waals surface area contributed by atoms with Crippen molar-refractivity contribution in [2.45, 2.75) is 33.2 Å². The average Bonchev–Trinajstić information content (AvgIpc) is 3.18. The summed E-state index contributed by atoms with van der Waals surface area (Å²) in [6.07, 6.45) is 3.33. The number of nitrogens with zero attached hydrogens (tertiary/aromatic N) is 5. The van der Waals surface area contributed by atoms with Gasteiger partial charge < -0.3 is 24.8 Å². The van der Waals surface area contributed by atoms with Crippen molar-refractivity contribution in [1.29, 1.82) is 0 Å². The lowest BCUT2D eigenvalue weighted by Gasteiger charge is -2.15. The molecule has 2 N–H and O–H groups in total. The molecule has 2 rings (SSSR count). The van der Waals surface area contributed by atoms with E-state index in [0.717, 1.165) is 30.0 Å². The maximum absolute atomic E-state index is 11.9. The van der Waals surface area contributed by atoms with Gasteiger partial charge in [0.1, 0.15) is 24.4 Å². The highest BCUT2D eigenvalue weighted by Gasteiger charge is 2.07. The fourth-order valence-electron chi connectivity index (χ4n) is 2.91. The molecule has 0 fully saturated rings. The summed E-state index contributed by atoms with van der Waals surface area (Å²) < 4.78 is 7.46. The Labute approximate surface area is 178 Å². The third kappa shape index (κ3) is 7.06. The molecule has 0 aliphatic carbocycles. The van der Waals surface area contributed by atoms with Gasteiger partial charge in [-0.15, -0.1) is 10.2 Å². The summed E-state index contributed by atoms with van der Waals surface area (Å²) >= 11 is 0. The number of aliphatic imine (C=N–C) groups is 1. The van der Waals surface area contributed by atoms with E-state index in [1.807, 2.05) is 16.7 Å². The zero-order valence-corrected chi connectivity index (χ0v) is 18.6. The molecule has 0 radical (unpaired) electrons. The van der Waals surface area contributed by atoms with Gasteiger partial charge in [-0.25, -0.2) is 4.99 Å². The van der Waals surface area contributed by atoms with Crippen LogP contribution in [0.1, 0.15) is 23.9 Å². The summed E-state index contributed by atoms with van der Waals surface area (Å²) in [4.78, 5) is 17.9. The summed E-state index contributed by atoms with van der Waals surface area (Å²) in [5, 5.41) is 14.7. The average molecular weight is 416 g/mol. The van der Waals surface area contributed by atoms with Crippen LogP contribution in [0.25, 0.3) is 0 Å². The number of ether oxygens (including phenoxy) is 1. The van der Waals surface area contributed by atoms with Gasteiger partial charge in [-0.3, -0.25) is 4.79 Å². The molecule has 1 aromatic heterocycles. The van der Waals surface area contributed by atoms with Gasteiger partial charge in [0, 0.05) is 40.2 Å². The Morgan fingerprint density at radius 2 is 2.03 bits per heavy atom. The van der Waals surface area contributed by atoms with E-state index in [9.17, 15) is 4.79 Å². The Morgan fingerprint density at radius 3 is 2.73 bits per heavy atom. The number of carbonyl (C=O) groups is 1. The molecule has 0 spiro atoms. The number of likely N-dealkylation sites (N-methyl/N-ethyl adjacent to an activating group) is 1. The number of benzene rings is 1. The molecule has 0 atom stereocenters. The highest BCUT2D eigenvalue weighted by molar-refractivity contribution is 5.84. The van der Waals surface area contributed by atoms with E-state index in [0.29, 0.717) is 25.6 Å². The maximum atomic E-state index is 11.9. The lowest BCUT2D eigenvalue weighted by molar-refractivity contribution is -0.127. The minimum absolute atomic E-state index is 0.0523. The number of aromatic nitrogens is 3. The maximum Gasteiger partial charge on any atom is 0.243 e. The van der Waals surface area contributed by atoms with Crippen molar-refractivity contribution in [3.8, 4) is 5.75 Å². The Kier molecular flexibility index (Phi) is 9.11. The largest absolute Gasteiger partial charge is 0.496 e. The van der Waals surface area contributed by atoms with Gasteiger partial charge >= 0.3 is 0 Å². The Hall–Kier alpha value is -3.10. The van der Waals surface area contributed by atoms with Gasteiger partial charge in [-0.05, 0) is 25.0 Å². The second kappa shape index (κ2) is 11.8. The molecule has 0 saturated carbocycles. The quantitative estimate of drug-likeness (QED) is 0.444. The second-order valence-electron chi connectivity index (χ2n) is 7.17. The molecule has 9 heteroatoms. The minimum Gasteiger partial charge on any atom is -0.496 e. The fraction of sp³-hybridized carbons (Fsp3) is 0.524. The third-order valence-electron chi connectivity index (χ3n) is 4.65. The van der Waals surface area contributed by atoms with Crippen LogP contribution in [0.2, 0.25) is 0 Å². The first-order valence-corrected chi connectivity index (χ1v) is 10.2. The molecular formula is C21H33N7O2. The van der Waals surface area contributed by atoms with Crippen LogP contribution in [0.4, 0.5) is 0 Å². The van der Waals surface area contributed by atoms with Crippen molar-refractivity contribution in [3.63, 3.8) is 0 Å². The van der Waals surface area contributed by atoms with E-state index in [1.54, 1.807) is 27.5 Å². The first-order chi connectivity index (χ1) is 14.4. The van der Waals surface area contributed by atoms with Crippen molar-refractivity contribution < 1.29 is 9.53 Å². The molecule has 0 unspecified atom stereocenters. The SMILES string of the molecule is CCc1nncn1CCNC(=NCC(=O)N(C)C)NCCc1cc(C)ccc1OC. The summed E-state index contributed by atoms with van der Waals surface area (Å²) in [5.41, 5.74) is 2.32. The van der Waals surface area contributed by atoms with Crippen LogP contribution in [0.15, 0.2) is 29.5 Å². The molecule has 1 aromatic carbocycles. The van der Waals surface area contributed by atoms with Gasteiger partial charge in [-0.2, -0.15) is 0 Å². The first-order valence-electron chi connectivity index (χ1n) is 10.2. The number of carbonyl (C=O) groups excluding carboxylic acids is 1. The molecule has 0 bridgehead atoms. The molecule has 0 aliphatic heterocycles. The van der Waals surface area contributed by atoms with Crippen LogP contribution in [-0.4, -0.2) is 72.4 Å². The normalized spacial score (nSPS) is 11.3. The number of guanidine groups is 1. The number of nitrogens with one attached hydrogen (secondary N) is 2. The van der Waals surface area contributed by atoms with Crippen molar-refractivity contribution >= 4 is 11.9 Å². The van der Waals surface area contributed by atoms with Crippen LogP contribution >= 0.6 is 0 Å². The number of methoxy groups -OCH3 is 1. The minimum atomic E-state index is -0.0523. The van der Waals surface area contributed by atoms with E-state index in [2.05, 4.69) is 45.7 Å². The van der Waals surface area contributed by atoms with Gasteiger partial charge in [-0.1, -0.05) is 24.6 Å². The molecule has 0 aliphatic rings. The number of rotatable bonds is 10. The van der Waals surface area contributed by atoms with Crippen molar-refractivity contribution in [2.75, 3.05) is 40.8 Å². The van der Waals surface area contributed by atoms with Crippen LogP contribution in [0.5, 0.6) is 5.75 Å². The Balaban J connectivity index is 1.96. The molecule has 30 heavy (non-hydrogen) atoms. The predicted molar refractivity (Wildman–Crippen MR) is 118 cm³/mol. The summed E-state index contributed by atoms with van der Waals surface area (Å²) in [5.74, 6) is 2.36. The summed E-state index contributed by atoms with van der Waals surface area (Å²) in [6, 6.07) is 6.14. The van der Waals surface area contributed by atoms with E-state index in [4.69, 9.17) is 4.74 Å². The highest BCUT2D eigenvalue weighted by Crippen LogP contribution is 2.19. The van der Waals surface area contributed by atoms with Crippen molar-refractivity contribution in [1.82, 2.24) is 30.3 Å². The van der Waals surface area contributed by atoms with Crippen molar-refractivity contribution in [2.24, 2.45) is 4.99 Å². The smallest absolute Gasteiger partial charge is 0.243 e. The van der Waals surface area contributed by atoms with E-state index >= 15 is 0 Å². The van der Waals surface area contributed by atoms with E-state index in [1.165, 1.54) is 10.5 Å². The molecule has 9 nitrogen and oxygen atoms in total. The second-order valence-corrected chi connectivity index (χ2v) is 7.17. The topological polar surface area (TPSA) is 96.7 Å². The third-order valence-corrected chi connectivity index (χ3v) is 4.65. The standard InChI is InChI=1S/C21H33N7O2/c1-6-19-26-25-15-28(19)12-11-23-21(24-14-20(29)27(3)4)22-10-9-17-13-16(2)7-8-18(17)30-5/h7-8,13,15H,6,9-12,14H2,1-5H3,(H2,22,23,24). The highest BCUT2D eigenvalue weighted by atomic mass is 16.5. The van der Waals surface area contributed by atoms with Crippen LogP contribution in [0.3, 0.4) is 0 Å². The van der Waals surface area contributed by atoms with Crippen LogP contribution in [-0.2, 0) is 24.2 Å². The predicted octanol–water partition coefficient (Wildman–Crippen LogP) is 1.02. The summed E-state index contributed by atoms with van der Waals surface area (Å²) in [6.45, 7) is 6.21. The monoisotopic (exact) mass is 415 g/mol. The first kappa shape index (κ1) is 23.2. The number of amides is 1. The molecular weight excluding hydrogens is 382 g/mol. The molecule has 164 valence electrons. The van der Waals surface area contributed by atoms with Crippen LogP contribution in [0, 0.1) is 6.92 Å². The van der Waals surface area contributed by atoms with Crippen LogP contribution < -0.4 is 15.4 Å². The van der Waals surface area contributed by atoms with Gasteiger partial charge in [0.15, 0.2) is 5.96 Å². The fourth-order valence-corrected chi connectivity index (χ4v) is 2.91. The summed E-state index contributed by atoms with van der Waals surface area (Å²) in [7, 11) is 5.12. The Morgan fingerprint density at radius 1 is 1.27 bits per heavy atom. The lowest BCUT2D eigenvalue weighted by atomic mass is 10.1. The van der Waals surface area contributed by atoms with Gasteiger partial charge in [0.05, 0.1) is 7.11 Å². The van der Waals surface area contributed by atoms with E-state index in [-0.39, 0.29) is 12.5 Å².